The first-order valence-electron chi connectivity index (χ1n) is 5.12. The van der Waals surface area contributed by atoms with E-state index in [1.807, 2.05) is 0 Å². The lowest BCUT2D eigenvalue weighted by Gasteiger charge is -2.05. The largest absolute Gasteiger partial charge is 0.478 e. The molecule has 0 aliphatic carbocycles. The molecule has 21 heavy (non-hydrogen) atoms. The summed E-state index contributed by atoms with van der Waals surface area (Å²) in [7, 11) is -4.46. The molecule has 0 aliphatic rings. The molecule has 0 amide bonds. The maximum atomic E-state index is 10.7. The Morgan fingerprint density at radius 3 is 1.81 bits per heavy atom. The zero-order valence-electron chi connectivity index (χ0n) is 11.0. The topological polar surface area (TPSA) is 168 Å². The number of carbonyl (C=O) groups is 3. The second-order valence-corrected chi connectivity index (χ2v) is 4.49. The van der Waals surface area contributed by atoms with Gasteiger partial charge in [-0.2, -0.15) is 0 Å². The molecule has 0 aliphatic heterocycles. The van der Waals surface area contributed by atoms with E-state index in [2.05, 4.69) is 15.8 Å². The molecule has 120 valence electrons. The van der Waals surface area contributed by atoms with Crippen molar-refractivity contribution in [2.45, 2.75) is 6.92 Å². The fourth-order valence-corrected chi connectivity index (χ4v) is 0.869. The van der Waals surface area contributed by atoms with Crippen LogP contribution in [0.3, 0.4) is 0 Å². The molecular weight excluding hydrogens is 311 g/mol. The summed E-state index contributed by atoms with van der Waals surface area (Å²) in [5.74, 6) is -3.13. The summed E-state index contributed by atoms with van der Waals surface area (Å²) in [6, 6.07) is 0. The van der Waals surface area contributed by atoms with Gasteiger partial charge in [0.1, 0.15) is 6.61 Å². The van der Waals surface area contributed by atoms with Crippen LogP contribution in [0.15, 0.2) is 24.3 Å². The van der Waals surface area contributed by atoms with Crippen molar-refractivity contribution in [1.82, 2.24) is 0 Å². The molecule has 0 aromatic rings. The molecule has 0 bridgehead atoms. The van der Waals surface area contributed by atoms with E-state index in [9.17, 15) is 18.9 Å². The second-order valence-electron chi connectivity index (χ2n) is 3.25. The minimum Gasteiger partial charge on any atom is -0.478 e. The molecule has 0 saturated heterocycles. The summed E-state index contributed by atoms with van der Waals surface area (Å²) in [5, 5.41) is 15.6. The van der Waals surface area contributed by atoms with Crippen LogP contribution in [0.2, 0.25) is 0 Å². The number of hydrogen-bond donors (Lipinski definition) is 4. The number of esters is 1. The number of hydrogen-bond acceptors (Lipinski definition) is 6. The van der Waals surface area contributed by atoms with Crippen molar-refractivity contribution in [3.8, 4) is 0 Å². The third kappa shape index (κ3) is 20.5. The van der Waals surface area contributed by atoms with Crippen molar-refractivity contribution < 1.29 is 48.2 Å². The third-order valence-corrected chi connectivity index (χ3v) is 1.81. The van der Waals surface area contributed by atoms with Gasteiger partial charge in [-0.3, -0.25) is 4.52 Å². The fraction of sp³-hybridized carbons (Fsp3) is 0.300. The Morgan fingerprint density at radius 1 is 1.10 bits per heavy atom. The van der Waals surface area contributed by atoms with Crippen LogP contribution in [0.5, 0.6) is 0 Å². The summed E-state index contributed by atoms with van der Waals surface area (Å²) in [5.41, 5.74) is 0.219. The summed E-state index contributed by atoms with van der Waals surface area (Å²) < 4.78 is 18.6. The van der Waals surface area contributed by atoms with Crippen LogP contribution in [0.1, 0.15) is 6.92 Å². The number of carboxylic acids is 2. The van der Waals surface area contributed by atoms with Gasteiger partial charge in [-0.15, -0.1) is 0 Å². The number of phosphoric acid groups is 1. The average molecular weight is 326 g/mol. The molecule has 0 aromatic heterocycles. The molecule has 10 nitrogen and oxygen atoms in total. The quantitative estimate of drug-likeness (QED) is 0.215. The molecule has 11 heteroatoms. The van der Waals surface area contributed by atoms with Gasteiger partial charge in [0.25, 0.3) is 0 Å². The van der Waals surface area contributed by atoms with E-state index in [4.69, 9.17) is 20.0 Å². The first-order valence-corrected chi connectivity index (χ1v) is 6.65. The van der Waals surface area contributed by atoms with Crippen molar-refractivity contribution in [2.75, 3.05) is 13.2 Å². The van der Waals surface area contributed by atoms with Crippen LogP contribution in [-0.2, 0) is 28.2 Å². The molecule has 0 fully saturated rings. The molecule has 0 atom stereocenters. The Hall–Kier alpha value is -2.00. The van der Waals surface area contributed by atoms with Crippen LogP contribution in [0.25, 0.3) is 0 Å². The highest BCUT2D eigenvalue weighted by atomic mass is 31.2. The molecule has 0 radical (unpaired) electrons. The molecule has 0 unspecified atom stereocenters. The third-order valence-electron chi connectivity index (χ3n) is 1.29. The number of carbonyl (C=O) groups excluding carboxylic acids is 1. The highest BCUT2D eigenvalue weighted by molar-refractivity contribution is 7.46. The predicted molar refractivity (Wildman–Crippen MR) is 68.2 cm³/mol. The van der Waals surface area contributed by atoms with E-state index in [0.29, 0.717) is 12.2 Å². The van der Waals surface area contributed by atoms with E-state index >= 15 is 0 Å². The lowest BCUT2D eigenvalue weighted by molar-refractivity contribution is -0.139. The molecule has 0 spiro atoms. The van der Waals surface area contributed by atoms with Gasteiger partial charge in [0.15, 0.2) is 0 Å². The predicted octanol–water partition coefficient (Wildman–Crippen LogP) is -0.0732. The van der Waals surface area contributed by atoms with E-state index in [1.54, 1.807) is 0 Å². The van der Waals surface area contributed by atoms with Crippen LogP contribution in [0.4, 0.5) is 0 Å². The van der Waals surface area contributed by atoms with Crippen molar-refractivity contribution in [1.29, 1.82) is 0 Å². The molecule has 0 saturated carbocycles. The van der Waals surface area contributed by atoms with Crippen molar-refractivity contribution in [3.63, 3.8) is 0 Å². The Labute approximate surface area is 119 Å². The van der Waals surface area contributed by atoms with Gasteiger partial charge < -0.3 is 24.7 Å². The van der Waals surface area contributed by atoms with Crippen LogP contribution in [0, 0.1) is 0 Å². The molecule has 4 N–H and O–H groups in total. The zero-order chi connectivity index (χ0) is 17.1. The van der Waals surface area contributed by atoms with Crippen molar-refractivity contribution >= 4 is 25.7 Å². The highest BCUT2D eigenvalue weighted by Crippen LogP contribution is 2.35. The molecular formula is C10H15O10P. The normalized spacial score (nSPS) is 10.4. The van der Waals surface area contributed by atoms with E-state index in [1.165, 1.54) is 6.92 Å². The van der Waals surface area contributed by atoms with Crippen molar-refractivity contribution in [2.24, 2.45) is 0 Å². The number of ether oxygens (including phenoxy) is 1. The Bertz CT molecular complexity index is 444. The van der Waals surface area contributed by atoms with E-state index < -0.39 is 25.7 Å². The Morgan fingerprint density at radius 2 is 1.52 bits per heavy atom. The molecule has 0 rings (SSSR count). The highest BCUT2D eigenvalue weighted by Gasteiger charge is 2.13. The maximum Gasteiger partial charge on any atom is 0.469 e. The first kappa shape index (κ1) is 21.3. The van der Waals surface area contributed by atoms with Gasteiger partial charge in [0.2, 0.25) is 0 Å². The average Bonchev–Trinajstić information content (AvgIpc) is 2.31. The Balaban J connectivity index is 0. The SMILES string of the molecule is C=C(C)C(=O)OCCOP(=O)(O)O.O=C(O)C=CC(=O)O. The van der Waals surface area contributed by atoms with Gasteiger partial charge >= 0.3 is 25.7 Å². The number of carboxylic acid groups (broad SMARTS) is 2. The zero-order valence-corrected chi connectivity index (χ0v) is 11.9. The summed E-state index contributed by atoms with van der Waals surface area (Å²) in [6.45, 7) is 4.22. The summed E-state index contributed by atoms with van der Waals surface area (Å²) in [4.78, 5) is 46.2. The minimum atomic E-state index is -4.46. The molecule has 0 aromatic carbocycles. The minimum absolute atomic E-state index is 0.212. The van der Waals surface area contributed by atoms with Crippen LogP contribution in [-0.4, -0.2) is 51.1 Å². The second kappa shape index (κ2) is 10.7. The van der Waals surface area contributed by atoms with Gasteiger partial charge in [-0.25, -0.2) is 18.9 Å². The maximum absolute atomic E-state index is 10.7. The summed E-state index contributed by atoms with van der Waals surface area (Å²) in [6.07, 6.45) is 1.12. The van der Waals surface area contributed by atoms with E-state index in [-0.39, 0.29) is 18.8 Å². The van der Waals surface area contributed by atoms with Crippen molar-refractivity contribution in [3.05, 3.63) is 24.3 Å². The van der Waals surface area contributed by atoms with Crippen LogP contribution < -0.4 is 0 Å². The summed E-state index contributed by atoms with van der Waals surface area (Å²) >= 11 is 0. The lowest BCUT2D eigenvalue weighted by Crippen LogP contribution is -2.10. The monoisotopic (exact) mass is 326 g/mol. The number of phosphoric ester groups is 1. The van der Waals surface area contributed by atoms with Crippen LogP contribution >= 0.6 is 7.82 Å². The smallest absolute Gasteiger partial charge is 0.469 e. The standard InChI is InChI=1S/C6H11O6P.C4H4O4/c1-5(2)6(7)11-3-4-12-13(8,9)10;5-3(6)1-2-4(7)8/h1,3-4H2,2H3,(H2,8,9,10);1-2H,(H,5,6)(H,7,8). The van der Waals surface area contributed by atoms with Gasteiger partial charge in [0.05, 0.1) is 6.61 Å². The number of rotatable bonds is 7. The van der Waals surface area contributed by atoms with Gasteiger partial charge in [-0.1, -0.05) is 6.58 Å². The first-order chi connectivity index (χ1) is 9.45. The van der Waals surface area contributed by atoms with Gasteiger partial charge in [0, 0.05) is 17.7 Å². The Kier molecular flexibility index (Phi) is 10.9. The lowest BCUT2D eigenvalue weighted by atomic mass is 10.4. The fourth-order valence-electron chi connectivity index (χ4n) is 0.556. The van der Waals surface area contributed by atoms with E-state index in [0.717, 1.165) is 0 Å². The molecule has 0 heterocycles. The van der Waals surface area contributed by atoms with Gasteiger partial charge in [-0.05, 0) is 6.92 Å². The number of aliphatic carboxylic acids is 2.